The lowest BCUT2D eigenvalue weighted by Crippen LogP contribution is -2.17. The Bertz CT molecular complexity index is 3770. The number of benzene rings is 7. The quantitative estimate of drug-likeness (QED) is 0.165. The van der Waals surface area contributed by atoms with Crippen LogP contribution >= 0.6 is 11.7 Å². The second-order valence-electron chi connectivity index (χ2n) is 29.3. The lowest BCUT2D eigenvalue weighted by Gasteiger charge is -2.27. The molecule has 3 aliphatic rings. The average Bonchev–Trinajstić information content (AvgIpc) is 2.64. The number of nitrogens with one attached hydrogen (secondary N) is 1. The molecule has 438 valence electrons. The Hall–Kier alpha value is -7.02. The number of fused-ring (bicyclic) bond motifs is 8. The first-order valence-corrected chi connectivity index (χ1v) is 31.3. The highest BCUT2D eigenvalue weighted by molar-refractivity contribution is 7.00. The summed E-state index contributed by atoms with van der Waals surface area (Å²) in [5, 5.41) is 2.56. The first-order chi connectivity index (χ1) is 39.5. The largest absolute Gasteiger partial charge is 0.361 e. The average molecular weight is 1130 g/mol. The van der Waals surface area contributed by atoms with E-state index in [2.05, 4.69) is 282 Å². The molecule has 0 unspecified atom stereocenters. The predicted molar refractivity (Wildman–Crippen MR) is 365 cm³/mol. The molecule has 2 aliphatic carbocycles. The van der Waals surface area contributed by atoms with Crippen molar-refractivity contribution in [2.75, 3.05) is 0 Å². The Morgan fingerprint density at radius 1 is 0.429 bits per heavy atom. The number of aliphatic imine (C=N–C) groups is 1. The maximum absolute atomic E-state index is 4.36. The van der Waals surface area contributed by atoms with Gasteiger partial charge in [0, 0.05) is 29.5 Å². The second kappa shape index (κ2) is 25.7. The van der Waals surface area contributed by atoms with Gasteiger partial charge in [-0.25, -0.2) is 0 Å². The summed E-state index contributed by atoms with van der Waals surface area (Å²) in [6.07, 6.45) is 12.3. The normalized spacial score (nSPS) is 13.5. The molecule has 0 saturated carbocycles. The second-order valence-corrected chi connectivity index (χ2v) is 29.8. The number of hydrogen-bond donors (Lipinski definition) is 1. The molecule has 84 heavy (non-hydrogen) atoms. The van der Waals surface area contributed by atoms with Gasteiger partial charge in [0.25, 0.3) is 0 Å². The van der Waals surface area contributed by atoms with E-state index < -0.39 is 0 Å². The van der Waals surface area contributed by atoms with Crippen molar-refractivity contribution >= 4 is 50.8 Å². The molecule has 1 aliphatic heterocycles. The zero-order valence-corrected chi connectivity index (χ0v) is 54.9. The third kappa shape index (κ3) is 15.4. The standard InChI is InChI=1S/C17H18.C14H20.C13H15N.2C12H15N.C10H12N2S/c1-17(2,3)16-10-6-9-14-13-8-5-4-7-12(13)11-15(14)16;1-14(2,3)13-10-6-8-11-7-4-5-9-12(11)13;1-13(2,3)11-7-4-8-12-10(11)6-5-9-14-12;1-12(2,3)11-5-4-9-7-13-8-10(9)6-11;1-12(2,3)10-6-4-5-9-7-8-13-11(9)10;1-10(2,3)7-5-4-6-8-9(7)12-13-11-8/h4-10H,11H2,1-3H3;6,8,10H,4-5,7,9H2,1-3H3;4-9H,1-3H3;4-6,8H,7H2,1-3H3;4-8,13H,1-3H3;4-6H,1-3H3. The van der Waals surface area contributed by atoms with E-state index in [1.807, 2.05) is 36.8 Å². The number of pyridine rings is 1. The van der Waals surface area contributed by atoms with Crippen molar-refractivity contribution in [2.45, 2.75) is 196 Å². The minimum absolute atomic E-state index is 0.148. The van der Waals surface area contributed by atoms with Gasteiger partial charge in [0.1, 0.15) is 11.0 Å². The molecule has 0 saturated heterocycles. The number of aryl methyl sites for hydroxylation is 1. The van der Waals surface area contributed by atoms with E-state index in [1.165, 1.54) is 115 Å². The van der Waals surface area contributed by atoms with Crippen molar-refractivity contribution in [2.24, 2.45) is 4.99 Å². The highest BCUT2D eigenvalue weighted by atomic mass is 32.1. The first-order valence-electron chi connectivity index (χ1n) is 30.6. The van der Waals surface area contributed by atoms with Gasteiger partial charge in [0.15, 0.2) is 0 Å². The van der Waals surface area contributed by atoms with Gasteiger partial charge in [0.2, 0.25) is 0 Å². The van der Waals surface area contributed by atoms with Gasteiger partial charge in [-0.3, -0.25) is 9.98 Å². The molecule has 3 aromatic heterocycles. The van der Waals surface area contributed by atoms with Crippen LogP contribution in [0.2, 0.25) is 0 Å². The lowest BCUT2D eigenvalue weighted by atomic mass is 9.78. The number of para-hydroxylation sites is 1. The molecule has 0 atom stereocenters. The van der Waals surface area contributed by atoms with Crippen molar-refractivity contribution in [1.29, 1.82) is 0 Å². The monoisotopic (exact) mass is 1130 g/mol. The van der Waals surface area contributed by atoms with Crippen molar-refractivity contribution in [3.8, 4) is 11.1 Å². The Morgan fingerprint density at radius 2 is 1.00 bits per heavy atom. The van der Waals surface area contributed by atoms with Gasteiger partial charge >= 0.3 is 0 Å². The molecule has 7 aromatic carbocycles. The number of aromatic nitrogens is 4. The topological polar surface area (TPSA) is 66.8 Å². The number of H-pyrrole nitrogens is 1. The van der Waals surface area contributed by atoms with Crippen molar-refractivity contribution in [3.63, 3.8) is 0 Å². The summed E-state index contributed by atoms with van der Waals surface area (Å²) in [5.41, 5.74) is 26.0. The van der Waals surface area contributed by atoms with Crippen molar-refractivity contribution < 1.29 is 0 Å². The summed E-state index contributed by atoms with van der Waals surface area (Å²) in [7, 11) is 0. The number of hydrogen-bond acceptors (Lipinski definition) is 5. The van der Waals surface area contributed by atoms with E-state index in [0.717, 1.165) is 29.5 Å². The van der Waals surface area contributed by atoms with Crippen LogP contribution < -0.4 is 0 Å². The van der Waals surface area contributed by atoms with E-state index in [-0.39, 0.29) is 27.1 Å². The van der Waals surface area contributed by atoms with Crippen LogP contribution in [0.25, 0.3) is 44.0 Å². The number of rotatable bonds is 0. The SMILES string of the molecule is CC(C)(C)c1ccc2c(c1)C=NC2.CC(C)(C)c1cccc2c1CCCC2.CC(C)(C)c1cccc2c1Cc1ccccc1-2.CC(C)(C)c1cccc2cc[nH]c12.CC(C)(C)c1cccc2ncccc12.CC(C)(C)c1cccc2nsnc12. The molecule has 0 amide bonds. The summed E-state index contributed by atoms with van der Waals surface area (Å²) in [6, 6.07) is 54.2. The zero-order chi connectivity index (χ0) is 60.8. The minimum Gasteiger partial charge on any atom is -0.361 e. The number of nitrogens with zero attached hydrogens (tertiary/aromatic N) is 4. The summed E-state index contributed by atoms with van der Waals surface area (Å²) < 4.78 is 8.54. The van der Waals surface area contributed by atoms with Crippen LogP contribution in [0.5, 0.6) is 0 Å². The Labute approximate surface area is 509 Å². The Morgan fingerprint density at radius 3 is 1.69 bits per heavy atom. The van der Waals surface area contributed by atoms with Crippen LogP contribution in [0.15, 0.2) is 169 Å². The Kier molecular flexibility index (Phi) is 19.3. The lowest BCUT2D eigenvalue weighted by molar-refractivity contribution is 0.568. The molecule has 0 bridgehead atoms. The van der Waals surface area contributed by atoms with Gasteiger partial charge in [0.05, 0.1) is 23.8 Å². The molecular weight excluding hydrogens is 1040 g/mol. The predicted octanol–water partition coefficient (Wildman–Crippen LogP) is 21.3. The fraction of sp³-hybridized carbons (Fsp3) is 0.385. The fourth-order valence-electron chi connectivity index (χ4n) is 11.8. The maximum Gasteiger partial charge on any atom is 0.108 e. The molecule has 1 N–H and O–H groups in total. The van der Waals surface area contributed by atoms with Crippen LogP contribution in [0.3, 0.4) is 0 Å². The maximum atomic E-state index is 4.36. The van der Waals surface area contributed by atoms with Crippen molar-refractivity contribution in [1.82, 2.24) is 18.7 Å². The van der Waals surface area contributed by atoms with Gasteiger partial charge in [-0.05, 0) is 178 Å². The summed E-state index contributed by atoms with van der Waals surface area (Å²) >= 11 is 1.28. The molecule has 0 fully saturated rings. The molecule has 10 aromatic rings. The minimum atomic E-state index is 0.148. The van der Waals surface area contributed by atoms with Crippen LogP contribution in [0, 0.1) is 0 Å². The molecule has 13 rings (SSSR count). The van der Waals surface area contributed by atoms with E-state index in [9.17, 15) is 0 Å². The van der Waals surface area contributed by atoms with Gasteiger partial charge in [-0.15, -0.1) is 0 Å². The van der Waals surface area contributed by atoms with E-state index in [1.54, 1.807) is 16.7 Å². The zero-order valence-electron chi connectivity index (χ0n) is 54.1. The van der Waals surface area contributed by atoms with Gasteiger partial charge in [-0.2, -0.15) is 8.75 Å². The molecular formula is C78H95N5S. The van der Waals surface area contributed by atoms with Crippen LogP contribution in [0.4, 0.5) is 0 Å². The Balaban J connectivity index is 0.000000132. The summed E-state index contributed by atoms with van der Waals surface area (Å²) in [4.78, 5) is 11.9. The van der Waals surface area contributed by atoms with Gasteiger partial charge < -0.3 is 4.98 Å². The van der Waals surface area contributed by atoms with E-state index >= 15 is 0 Å². The molecule has 0 radical (unpaired) electrons. The van der Waals surface area contributed by atoms with Crippen LogP contribution in [-0.4, -0.2) is 24.9 Å². The molecule has 4 heterocycles. The first kappa shape index (κ1) is 63.0. The van der Waals surface area contributed by atoms with E-state index in [4.69, 9.17) is 0 Å². The highest BCUT2D eigenvalue weighted by Gasteiger charge is 2.26. The molecule has 5 nitrogen and oxygen atoms in total. The van der Waals surface area contributed by atoms with Crippen LogP contribution in [-0.2, 0) is 58.3 Å². The fourth-order valence-corrected chi connectivity index (χ4v) is 12.3. The number of aromatic amines is 1. The van der Waals surface area contributed by atoms with Crippen LogP contribution in [0.1, 0.15) is 204 Å². The highest BCUT2D eigenvalue weighted by Crippen LogP contribution is 2.42. The molecule has 0 spiro atoms. The van der Waals surface area contributed by atoms with Gasteiger partial charge in [-0.1, -0.05) is 246 Å². The van der Waals surface area contributed by atoms with Crippen molar-refractivity contribution in [3.05, 3.63) is 231 Å². The third-order valence-electron chi connectivity index (χ3n) is 16.3. The third-order valence-corrected chi connectivity index (χ3v) is 16.9. The summed E-state index contributed by atoms with van der Waals surface area (Å²) in [6.45, 7) is 41.4. The van der Waals surface area contributed by atoms with E-state index in [0.29, 0.717) is 5.41 Å². The summed E-state index contributed by atoms with van der Waals surface area (Å²) in [5.74, 6) is 0. The molecule has 6 heteroatoms. The smallest absolute Gasteiger partial charge is 0.108 e.